The first-order valence-electron chi connectivity index (χ1n) is 8.50. The molecule has 1 aromatic heterocycles. The molecular weight excluding hydrogens is 308 g/mol. The predicted octanol–water partition coefficient (Wildman–Crippen LogP) is 2.45. The van der Waals surface area contributed by atoms with Crippen LogP contribution in [0.2, 0.25) is 0 Å². The van der Waals surface area contributed by atoms with Crippen LogP contribution in [-0.2, 0) is 16.1 Å². The van der Waals surface area contributed by atoms with E-state index >= 15 is 0 Å². The van der Waals surface area contributed by atoms with Crippen molar-refractivity contribution in [3.8, 4) is 0 Å². The Kier molecular flexibility index (Phi) is 6.04. The molecular formula is C18H28N2O4. The lowest BCUT2D eigenvalue weighted by Gasteiger charge is -2.33. The van der Waals surface area contributed by atoms with Crippen LogP contribution >= 0.6 is 0 Å². The van der Waals surface area contributed by atoms with E-state index in [2.05, 4.69) is 4.90 Å². The number of carbonyl (C=O) groups is 2. The fraction of sp³-hybridized carbons (Fsp3) is 0.667. The summed E-state index contributed by atoms with van der Waals surface area (Å²) in [6.07, 6.45) is 1.72. The summed E-state index contributed by atoms with van der Waals surface area (Å²) in [5.41, 5.74) is 0.483. The second kappa shape index (κ2) is 7.83. The molecule has 2 heterocycles. The lowest BCUT2D eigenvalue weighted by Crippen LogP contribution is -2.43. The summed E-state index contributed by atoms with van der Waals surface area (Å²) < 4.78 is 10.4. The van der Waals surface area contributed by atoms with Gasteiger partial charge in [-0.25, -0.2) is 4.79 Å². The van der Waals surface area contributed by atoms with Crippen LogP contribution in [0.4, 0.5) is 0 Å². The molecule has 6 heteroatoms. The second-order valence-electron chi connectivity index (χ2n) is 6.77. The van der Waals surface area contributed by atoms with Crippen molar-refractivity contribution < 1.29 is 18.7 Å². The Morgan fingerprint density at radius 3 is 2.54 bits per heavy atom. The average molecular weight is 336 g/mol. The van der Waals surface area contributed by atoms with Crippen molar-refractivity contribution in [2.24, 2.45) is 5.92 Å². The Hall–Kier alpha value is -1.82. The van der Waals surface area contributed by atoms with Crippen LogP contribution in [0.5, 0.6) is 0 Å². The highest BCUT2D eigenvalue weighted by Gasteiger charge is 2.28. The number of hydrogen-bond acceptors (Lipinski definition) is 5. The summed E-state index contributed by atoms with van der Waals surface area (Å²) in [7, 11) is 3.24. The van der Waals surface area contributed by atoms with Crippen molar-refractivity contribution >= 4 is 11.9 Å². The minimum atomic E-state index is -0.372. The van der Waals surface area contributed by atoms with Gasteiger partial charge in [0.2, 0.25) is 5.91 Å². The number of amides is 1. The van der Waals surface area contributed by atoms with Gasteiger partial charge in [0.05, 0.1) is 13.7 Å². The van der Waals surface area contributed by atoms with Gasteiger partial charge in [0.25, 0.3) is 0 Å². The van der Waals surface area contributed by atoms with Crippen LogP contribution in [-0.4, -0.2) is 55.0 Å². The van der Waals surface area contributed by atoms with Gasteiger partial charge >= 0.3 is 5.97 Å². The second-order valence-corrected chi connectivity index (χ2v) is 6.77. The summed E-state index contributed by atoms with van der Waals surface area (Å²) in [5, 5.41) is 0. The van der Waals surface area contributed by atoms with Gasteiger partial charge in [-0.1, -0.05) is 0 Å². The Labute approximate surface area is 143 Å². The van der Waals surface area contributed by atoms with Crippen LogP contribution in [0.25, 0.3) is 0 Å². The van der Waals surface area contributed by atoms with Gasteiger partial charge in [0.15, 0.2) is 0 Å². The van der Waals surface area contributed by atoms with Gasteiger partial charge in [-0.3, -0.25) is 9.69 Å². The molecule has 0 N–H and O–H groups in total. The van der Waals surface area contributed by atoms with Gasteiger partial charge in [0, 0.05) is 19.0 Å². The molecule has 0 saturated carbocycles. The van der Waals surface area contributed by atoms with Crippen molar-refractivity contribution in [2.75, 3.05) is 27.2 Å². The first-order chi connectivity index (χ1) is 11.3. The highest BCUT2D eigenvalue weighted by Crippen LogP contribution is 2.23. The van der Waals surface area contributed by atoms with E-state index in [0.717, 1.165) is 31.7 Å². The fourth-order valence-electron chi connectivity index (χ4n) is 3.04. The maximum atomic E-state index is 12.4. The van der Waals surface area contributed by atoms with Crippen LogP contribution < -0.4 is 0 Å². The Morgan fingerprint density at radius 1 is 1.38 bits per heavy atom. The van der Waals surface area contributed by atoms with Crippen molar-refractivity contribution in [1.29, 1.82) is 0 Å². The zero-order chi connectivity index (χ0) is 17.9. The number of carbonyl (C=O) groups excluding carboxylic acids is 2. The number of nitrogens with zero attached hydrogens (tertiary/aromatic N) is 2. The third-order valence-corrected chi connectivity index (χ3v) is 4.81. The molecule has 0 bridgehead atoms. The van der Waals surface area contributed by atoms with Crippen LogP contribution in [0.3, 0.4) is 0 Å². The number of furan rings is 1. The molecule has 0 atom stereocenters. The number of piperidine rings is 1. The Balaban J connectivity index is 1.89. The Morgan fingerprint density at radius 2 is 2.00 bits per heavy atom. The normalized spacial score (nSPS) is 16.4. The SMILES string of the molecule is COC(=O)c1cc(CN2CCC(C(=O)N(C)C(C)C)CC2)oc1C. The molecule has 1 aliphatic heterocycles. The lowest BCUT2D eigenvalue weighted by atomic mass is 9.95. The van der Waals surface area contributed by atoms with E-state index in [-0.39, 0.29) is 23.8 Å². The summed E-state index contributed by atoms with van der Waals surface area (Å²) in [6.45, 7) is 8.20. The molecule has 0 spiro atoms. The van der Waals surface area contributed by atoms with Gasteiger partial charge in [0.1, 0.15) is 17.1 Å². The zero-order valence-electron chi connectivity index (χ0n) is 15.3. The van der Waals surface area contributed by atoms with E-state index in [4.69, 9.17) is 9.15 Å². The van der Waals surface area contributed by atoms with Gasteiger partial charge in [-0.2, -0.15) is 0 Å². The molecule has 2 rings (SSSR count). The molecule has 1 fully saturated rings. The van der Waals surface area contributed by atoms with E-state index in [9.17, 15) is 9.59 Å². The molecule has 1 amide bonds. The summed E-state index contributed by atoms with van der Waals surface area (Å²) >= 11 is 0. The smallest absolute Gasteiger partial charge is 0.341 e. The first-order valence-corrected chi connectivity index (χ1v) is 8.50. The van der Waals surface area contributed by atoms with Crippen molar-refractivity contribution in [3.05, 3.63) is 23.2 Å². The summed E-state index contributed by atoms with van der Waals surface area (Å²) in [5.74, 6) is 1.32. The molecule has 1 saturated heterocycles. The van der Waals surface area contributed by atoms with Crippen molar-refractivity contribution in [1.82, 2.24) is 9.80 Å². The highest BCUT2D eigenvalue weighted by atomic mass is 16.5. The van der Waals surface area contributed by atoms with Crippen LogP contribution in [0, 0.1) is 12.8 Å². The molecule has 0 radical (unpaired) electrons. The maximum Gasteiger partial charge on any atom is 0.341 e. The number of ether oxygens (including phenoxy) is 1. The van der Waals surface area contributed by atoms with Crippen molar-refractivity contribution in [3.63, 3.8) is 0 Å². The quantitative estimate of drug-likeness (QED) is 0.773. The van der Waals surface area contributed by atoms with Gasteiger partial charge in [-0.15, -0.1) is 0 Å². The monoisotopic (exact) mass is 336 g/mol. The van der Waals surface area contributed by atoms with Crippen molar-refractivity contribution in [2.45, 2.75) is 46.2 Å². The fourth-order valence-corrected chi connectivity index (χ4v) is 3.04. The number of methoxy groups -OCH3 is 1. The number of aryl methyl sites for hydroxylation is 1. The van der Waals surface area contributed by atoms with Crippen LogP contribution in [0.15, 0.2) is 10.5 Å². The number of esters is 1. The molecule has 0 aliphatic carbocycles. The van der Waals surface area contributed by atoms with E-state index in [1.165, 1.54) is 7.11 Å². The zero-order valence-corrected chi connectivity index (χ0v) is 15.3. The van der Waals surface area contributed by atoms with E-state index in [1.807, 2.05) is 25.8 Å². The third kappa shape index (κ3) is 4.17. The minimum Gasteiger partial charge on any atom is -0.465 e. The molecule has 1 aliphatic rings. The van der Waals surface area contributed by atoms with E-state index < -0.39 is 0 Å². The maximum absolute atomic E-state index is 12.4. The first kappa shape index (κ1) is 18.5. The molecule has 0 aromatic carbocycles. The third-order valence-electron chi connectivity index (χ3n) is 4.81. The number of rotatable bonds is 5. The number of hydrogen-bond donors (Lipinski definition) is 0. The summed E-state index contributed by atoms with van der Waals surface area (Å²) in [4.78, 5) is 28.1. The largest absolute Gasteiger partial charge is 0.465 e. The predicted molar refractivity (Wildman–Crippen MR) is 90.7 cm³/mol. The lowest BCUT2D eigenvalue weighted by molar-refractivity contribution is -0.137. The molecule has 0 unspecified atom stereocenters. The van der Waals surface area contributed by atoms with Crippen LogP contribution in [0.1, 0.15) is 48.6 Å². The molecule has 6 nitrogen and oxygen atoms in total. The van der Waals surface area contributed by atoms with Gasteiger partial charge < -0.3 is 14.1 Å². The highest BCUT2D eigenvalue weighted by molar-refractivity contribution is 5.90. The topological polar surface area (TPSA) is 63.0 Å². The molecule has 134 valence electrons. The molecule has 1 aromatic rings. The standard InChI is InChI=1S/C18H28N2O4/c1-12(2)19(4)17(21)14-6-8-20(9-7-14)11-15-10-16(13(3)24-15)18(22)23-5/h10,12,14H,6-9,11H2,1-5H3. The minimum absolute atomic E-state index is 0.109. The molecule has 24 heavy (non-hydrogen) atoms. The summed E-state index contributed by atoms with van der Waals surface area (Å²) in [6, 6.07) is 1.99. The van der Waals surface area contributed by atoms with Gasteiger partial charge in [-0.05, 0) is 52.8 Å². The average Bonchev–Trinajstić information content (AvgIpc) is 2.93. The van der Waals surface area contributed by atoms with E-state index in [1.54, 1.807) is 13.0 Å². The Bertz CT molecular complexity index is 586. The van der Waals surface area contributed by atoms with E-state index in [0.29, 0.717) is 17.9 Å². The number of likely N-dealkylation sites (tertiary alicyclic amines) is 1.